The smallest absolute Gasteiger partial charge is 0.229 e. The molecule has 0 radical (unpaired) electrons. The Morgan fingerprint density at radius 3 is 2.59 bits per heavy atom. The van der Waals surface area contributed by atoms with Gasteiger partial charge in [-0.15, -0.1) is 0 Å². The molecule has 6 rings (SSSR count). The summed E-state index contributed by atoms with van der Waals surface area (Å²) >= 11 is 0. The van der Waals surface area contributed by atoms with E-state index in [2.05, 4.69) is 39.1 Å². The first kappa shape index (κ1) is 26.4. The number of nitrogens with zero attached hydrogens (tertiary/aromatic N) is 7. The number of rotatable bonds is 9. The van der Waals surface area contributed by atoms with Crippen molar-refractivity contribution in [2.45, 2.75) is 95.9 Å². The lowest BCUT2D eigenvalue weighted by atomic mass is 10.1. The molecule has 0 saturated carbocycles. The fourth-order valence-electron chi connectivity index (χ4n) is 6.10. The molecule has 3 aliphatic heterocycles. The predicted octanol–water partition coefficient (Wildman–Crippen LogP) is 2.64. The molecule has 3 aliphatic rings. The monoisotopic (exact) mass is 540 g/mol. The summed E-state index contributed by atoms with van der Waals surface area (Å²) < 4.78 is 13.3. The van der Waals surface area contributed by atoms with Crippen molar-refractivity contribution in [2.24, 2.45) is 0 Å². The highest BCUT2D eigenvalue weighted by Crippen LogP contribution is 2.40. The molecule has 0 aromatic carbocycles. The van der Waals surface area contributed by atoms with E-state index in [4.69, 9.17) is 19.2 Å². The fourth-order valence-corrected chi connectivity index (χ4v) is 6.10. The van der Waals surface area contributed by atoms with Gasteiger partial charge in [-0.1, -0.05) is 25.9 Å². The first-order valence-corrected chi connectivity index (χ1v) is 14.5. The first-order chi connectivity index (χ1) is 19.0. The van der Waals surface area contributed by atoms with Crippen LogP contribution in [0.2, 0.25) is 0 Å². The zero-order valence-corrected chi connectivity index (χ0v) is 23.0. The van der Waals surface area contributed by atoms with E-state index < -0.39 is 24.5 Å². The molecule has 3 saturated heterocycles. The summed E-state index contributed by atoms with van der Waals surface area (Å²) in [5.41, 5.74) is 1.93. The summed E-state index contributed by atoms with van der Waals surface area (Å²) in [5, 5.41) is 29.5. The molecule has 0 amide bonds. The van der Waals surface area contributed by atoms with Gasteiger partial charge < -0.3 is 29.7 Å². The third-order valence-corrected chi connectivity index (χ3v) is 8.57. The minimum Gasteiger partial charge on any atom is -0.387 e. The van der Waals surface area contributed by atoms with Gasteiger partial charge >= 0.3 is 0 Å². The van der Waals surface area contributed by atoms with Crippen LogP contribution < -0.4 is 10.2 Å². The molecule has 3 aromatic heterocycles. The number of aliphatic hydroxyl groups is 2. The molecule has 0 bridgehead atoms. The average molecular weight is 541 g/mol. The van der Waals surface area contributed by atoms with Crippen molar-refractivity contribution in [3.05, 3.63) is 23.8 Å². The second-order valence-corrected chi connectivity index (χ2v) is 11.0. The number of fused-ring (bicyclic) bond motifs is 1. The second kappa shape index (κ2) is 11.0. The molecule has 0 unspecified atom stereocenters. The molecule has 3 fully saturated rings. The Hall–Kier alpha value is -2.80. The van der Waals surface area contributed by atoms with Crippen LogP contribution in [0.4, 0.5) is 11.8 Å². The van der Waals surface area contributed by atoms with Gasteiger partial charge in [0, 0.05) is 31.2 Å². The molecule has 6 heterocycles. The number of likely N-dealkylation sites (tertiary alicyclic amines) is 1. The number of hydrogen-bond donors (Lipinski definition) is 3. The average Bonchev–Trinajstić information content (AvgIpc) is 3.78. The van der Waals surface area contributed by atoms with E-state index in [1.54, 1.807) is 17.0 Å². The van der Waals surface area contributed by atoms with Gasteiger partial charge in [0.1, 0.15) is 18.3 Å². The van der Waals surface area contributed by atoms with E-state index in [0.717, 1.165) is 51.1 Å². The lowest BCUT2D eigenvalue weighted by molar-refractivity contribution is -0.0434. The van der Waals surface area contributed by atoms with Crippen LogP contribution in [0.25, 0.3) is 11.2 Å². The zero-order chi connectivity index (χ0) is 27.1. The van der Waals surface area contributed by atoms with E-state index >= 15 is 0 Å². The molecule has 3 N–H and O–H groups in total. The zero-order valence-electron chi connectivity index (χ0n) is 23.0. The topological polar surface area (TPSA) is 138 Å². The van der Waals surface area contributed by atoms with Crippen LogP contribution in [0, 0.1) is 0 Å². The normalized spacial score (nSPS) is 27.9. The minimum atomic E-state index is -1.21. The van der Waals surface area contributed by atoms with Crippen molar-refractivity contribution < 1.29 is 19.5 Å². The molecular formula is C27H40N8O4. The number of aliphatic hydroxyl groups excluding tert-OH is 2. The maximum absolute atomic E-state index is 11.1. The minimum absolute atomic E-state index is 0.246. The van der Waals surface area contributed by atoms with Crippen LogP contribution in [-0.2, 0) is 11.2 Å². The van der Waals surface area contributed by atoms with E-state index in [1.165, 1.54) is 12.8 Å². The van der Waals surface area contributed by atoms with Crippen molar-refractivity contribution in [3.63, 3.8) is 0 Å². The molecule has 12 nitrogen and oxygen atoms in total. The van der Waals surface area contributed by atoms with Crippen molar-refractivity contribution in [2.75, 3.05) is 36.4 Å². The summed E-state index contributed by atoms with van der Waals surface area (Å²) in [6.07, 6.45) is 3.70. The summed E-state index contributed by atoms with van der Waals surface area (Å²) in [4.78, 5) is 19.4. The van der Waals surface area contributed by atoms with E-state index in [1.807, 2.05) is 6.92 Å². The number of nitrogens with one attached hydrogen (secondary N) is 1. The van der Waals surface area contributed by atoms with Gasteiger partial charge in [0.05, 0.1) is 12.0 Å². The van der Waals surface area contributed by atoms with Gasteiger partial charge in [0.25, 0.3) is 0 Å². The number of ether oxygens (including phenoxy) is 1. The molecule has 212 valence electrons. The Morgan fingerprint density at radius 2 is 1.87 bits per heavy atom. The number of anilines is 2. The highest BCUT2D eigenvalue weighted by atomic mass is 16.6. The maximum Gasteiger partial charge on any atom is 0.229 e. The highest BCUT2D eigenvalue weighted by molar-refractivity contribution is 5.84. The van der Waals surface area contributed by atoms with Crippen molar-refractivity contribution in [3.8, 4) is 0 Å². The summed E-state index contributed by atoms with van der Waals surface area (Å²) in [6.45, 7) is 10.4. The van der Waals surface area contributed by atoms with E-state index in [-0.39, 0.29) is 6.04 Å². The Morgan fingerprint density at radius 1 is 1.08 bits per heavy atom. The molecule has 0 spiro atoms. The molecular weight excluding hydrogens is 500 g/mol. The van der Waals surface area contributed by atoms with Crippen molar-refractivity contribution >= 4 is 22.9 Å². The molecule has 0 aliphatic carbocycles. The molecule has 5 atom stereocenters. The summed E-state index contributed by atoms with van der Waals surface area (Å²) in [5.74, 6) is 1.72. The van der Waals surface area contributed by atoms with Gasteiger partial charge in [0.2, 0.25) is 5.95 Å². The summed E-state index contributed by atoms with van der Waals surface area (Å²) in [6, 6.07) is 2.52. The number of hydrogen-bond acceptors (Lipinski definition) is 11. The van der Waals surface area contributed by atoms with Crippen LogP contribution in [0.1, 0.15) is 76.7 Å². The lowest BCUT2D eigenvalue weighted by Gasteiger charge is -2.24. The van der Waals surface area contributed by atoms with Crippen LogP contribution in [-0.4, -0.2) is 90.3 Å². The van der Waals surface area contributed by atoms with Crippen LogP contribution >= 0.6 is 0 Å². The third-order valence-electron chi connectivity index (χ3n) is 8.57. The largest absolute Gasteiger partial charge is 0.387 e. The van der Waals surface area contributed by atoms with E-state index in [9.17, 15) is 10.2 Å². The molecule has 39 heavy (non-hydrogen) atoms. The second-order valence-electron chi connectivity index (χ2n) is 11.0. The summed E-state index contributed by atoms with van der Waals surface area (Å²) in [7, 11) is 0. The molecule has 3 aromatic rings. The Kier molecular flexibility index (Phi) is 7.45. The number of aryl methyl sites for hydroxylation is 1. The Bertz CT molecular complexity index is 1270. The maximum atomic E-state index is 11.1. The van der Waals surface area contributed by atoms with Crippen LogP contribution in [0.15, 0.2) is 16.9 Å². The van der Waals surface area contributed by atoms with Gasteiger partial charge in [0.15, 0.2) is 29.0 Å². The van der Waals surface area contributed by atoms with Crippen molar-refractivity contribution in [1.82, 2.24) is 29.6 Å². The Balaban J connectivity index is 1.34. The van der Waals surface area contributed by atoms with Gasteiger partial charge in [-0.2, -0.15) is 9.97 Å². The SMILES string of the molecule is CCc1cc([C@H]2O[C@@H](n3cnc4c(NC(CC)CC)nc(N5CC[C@@H](N6CCCC6)C5)nc43)[C@H](O)[C@@H]2O)on1. The Labute approximate surface area is 228 Å². The highest BCUT2D eigenvalue weighted by Gasteiger charge is 2.47. The number of aromatic nitrogens is 5. The van der Waals surface area contributed by atoms with Crippen LogP contribution in [0.5, 0.6) is 0 Å². The third kappa shape index (κ3) is 4.88. The lowest BCUT2D eigenvalue weighted by Crippen LogP contribution is -2.35. The van der Waals surface area contributed by atoms with Gasteiger partial charge in [-0.25, -0.2) is 4.98 Å². The van der Waals surface area contributed by atoms with Gasteiger partial charge in [-0.3, -0.25) is 9.47 Å². The quantitative estimate of drug-likeness (QED) is 0.369. The first-order valence-electron chi connectivity index (χ1n) is 14.5. The fraction of sp³-hybridized carbons (Fsp3) is 0.704. The van der Waals surface area contributed by atoms with Crippen LogP contribution in [0.3, 0.4) is 0 Å². The number of imidazole rings is 1. The molecule has 12 heteroatoms. The standard InChI is InChI=1S/C27H40N8O4/c1-4-16(5-2)29-24-20-25(31-27(30-24)34-12-9-18(14-34)33-10-7-8-11-33)35(15-28-20)26-22(37)21(36)23(38-26)19-13-17(6-3)32-39-19/h13,15-16,18,21-23,26,36-37H,4-12,14H2,1-3H3,(H,29,30,31)/t18-,21+,22-,23-,26-/m1/s1. The van der Waals surface area contributed by atoms with E-state index in [0.29, 0.717) is 41.2 Å². The van der Waals surface area contributed by atoms with Crippen molar-refractivity contribution in [1.29, 1.82) is 0 Å². The predicted molar refractivity (Wildman–Crippen MR) is 145 cm³/mol. The van der Waals surface area contributed by atoms with Gasteiger partial charge in [-0.05, 0) is 51.6 Å².